The van der Waals surface area contributed by atoms with Crippen LogP contribution in [0.3, 0.4) is 0 Å². The van der Waals surface area contributed by atoms with Gasteiger partial charge in [0.2, 0.25) is 18.6 Å². The van der Waals surface area contributed by atoms with E-state index in [2.05, 4.69) is 27.9 Å². The number of fused-ring (bicyclic) bond motifs is 1. The SMILES string of the molecule is CCC(=O)N(Cc1ccc2c(c1)OCO2)[C@@H]1CC(C(=O)NCCO)=C[C@H](Oc2ccccc2I)[C@H]1O. The largest absolute Gasteiger partial charge is 0.482 e. The van der Waals surface area contributed by atoms with E-state index in [4.69, 9.17) is 19.3 Å². The first-order valence-corrected chi connectivity index (χ1v) is 12.9. The molecule has 1 aliphatic carbocycles. The predicted molar refractivity (Wildman–Crippen MR) is 140 cm³/mol. The van der Waals surface area contributed by atoms with Crippen LogP contribution in [-0.4, -0.2) is 65.1 Å². The Morgan fingerprint density at radius 2 is 1.97 bits per heavy atom. The number of para-hydroxylation sites is 1. The van der Waals surface area contributed by atoms with Gasteiger partial charge in [0.05, 0.1) is 16.2 Å². The highest BCUT2D eigenvalue weighted by atomic mass is 127. The number of nitrogens with one attached hydrogen (secondary N) is 1. The standard InChI is InChI=1S/C26H29IN2O7/c1-2-24(31)29(14-16-7-8-21-22(11-16)35-15-34-21)19-12-17(26(33)28-9-10-30)13-23(25(19)32)36-20-6-4-3-5-18(20)27/h3-8,11,13,19,23,25,30,32H,2,9-10,12,14-15H2,1H3,(H,28,33)/t19-,23+,25+/m1/s1. The second-order valence-corrected chi connectivity index (χ2v) is 9.67. The molecule has 0 saturated heterocycles. The molecule has 0 bridgehead atoms. The maximum absolute atomic E-state index is 13.1. The first-order chi connectivity index (χ1) is 17.4. The van der Waals surface area contributed by atoms with Gasteiger partial charge >= 0.3 is 0 Å². The molecule has 0 unspecified atom stereocenters. The molecule has 9 nitrogen and oxygen atoms in total. The number of carbonyl (C=O) groups is 2. The zero-order valence-corrected chi connectivity index (χ0v) is 22.0. The van der Waals surface area contributed by atoms with Crippen LogP contribution < -0.4 is 19.5 Å². The van der Waals surface area contributed by atoms with E-state index < -0.39 is 18.2 Å². The Balaban J connectivity index is 1.65. The van der Waals surface area contributed by atoms with Crippen molar-refractivity contribution in [2.24, 2.45) is 0 Å². The van der Waals surface area contributed by atoms with Crippen molar-refractivity contribution in [1.82, 2.24) is 10.2 Å². The number of ether oxygens (including phenoxy) is 3. The van der Waals surface area contributed by atoms with Crippen molar-refractivity contribution in [2.75, 3.05) is 19.9 Å². The van der Waals surface area contributed by atoms with Gasteiger partial charge in [-0.3, -0.25) is 9.59 Å². The van der Waals surface area contributed by atoms with Crippen molar-refractivity contribution in [2.45, 2.75) is 44.6 Å². The first-order valence-electron chi connectivity index (χ1n) is 11.8. The number of carbonyl (C=O) groups excluding carboxylic acids is 2. The molecule has 4 rings (SSSR count). The number of halogens is 1. The summed E-state index contributed by atoms with van der Waals surface area (Å²) >= 11 is 2.14. The number of aliphatic hydroxyl groups excluding tert-OH is 2. The molecule has 2 aromatic carbocycles. The van der Waals surface area contributed by atoms with Crippen molar-refractivity contribution >= 4 is 34.4 Å². The average molecular weight is 608 g/mol. The van der Waals surface area contributed by atoms with Gasteiger partial charge in [-0.25, -0.2) is 0 Å². The number of rotatable bonds is 9. The van der Waals surface area contributed by atoms with Crippen LogP contribution in [0.25, 0.3) is 0 Å². The molecule has 0 aromatic heterocycles. The molecule has 0 fully saturated rings. The van der Waals surface area contributed by atoms with E-state index in [-0.39, 0.29) is 51.1 Å². The van der Waals surface area contributed by atoms with Crippen LogP contribution >= 0.6 is 22.6 Å². The average Bonchev–Trinajstić information content (AvgIpc) is 3.36. The van der Waals surface area contributed by atoms with Gasteiger partial charge in [0.15, 0.2) is 11.5 Å². The molecule has 192 valence electrons. The Kier molecular flexibility index (Phi) is 8.70. The van der Waals surface area contributed by atoms with Crippen molar-refractivity contribution < 1.29 is 34.0 Å². The lowest BCUT2D eigenvalue weighted by atomic mass is 9.87. The summed E-state index contributed by atoms with van der Waals surface area (Å²) < 4.78 is 17.9. The van der Waals surface area contributed by atoms with E-state index in [0.29, 0.717) is 22.8 Å². The zero-order valence-electron chi connectivity index (χ0n) is 19.9. The quantitative estimate of drug-likeness (QED) is 0.375. The van der Waals surface area contributed by atoms with Gasteiger partial charge in [0.1, 0.15) is 18.0 Å². The normalized spacial score (nSPS) is 20.4. The third-order valence-electron chi connectivity index (χ3n) is 6.13. The van der Waals surface area contributed by atoms with Crippen LogP contribution in [-0.2, 0) is 16.1 Å². The van der Waals surface area contributed by atoms with Crippen LogP contribution in [0.4, 0.5) is 0 Å². The molecule has 1 heterocycles. The van der Waals surface area contributed by atoms with Crippen LogP contribution in [0.5, 0.6) is 17.2 Å². The fraction of sp³-hybridized carbons (Fsp3) is 0.385. The van der Waals surface area contributed by atoms with Gasteiger partial charge in [-0.05, 0) is 58.5 Å². The maximum Gasteiger partial charge on any atom is 0.247 e. The van der Waals surface area contributed by atoms with Gasteiger partial charge in [-0.15, -0.1) is 0 Å². The van der Waals surface area contributed by atoms with Crippen molar-refractivity contribution in [3.8, 4) is 17.2 Å². The lowest BCUT2D eigenvalue weighted by Gasteiger charge is -2.40. The summed E-state index contributed by atoms with van der Waals surface area (Å²) in [4.78, 5) is 27.6. The summed E-state index contributed by atoms with van der Waals surface area (Å²) in [5, 5.41) is 23.2. The molecule has 1 aliphatic heterocycles. The van der Waals surface area contributed by atoms with Crippen molar-refractivity contribution in [3.63, 3.8) is 0 Å². The highest BCUT2D eigenvalue weighted by molar-refractivity contribution is 14.1. The monoisotopic (exact) mass is 608 g/mol. The lowest BCUT2D eigenvalue weighted by Crippen LogP contribution is -2.54. The summed E-state index contributed by atoms with van der Waals surface area (Å²) in [5.41, 5.74) is 1.19. The molecular weight excluding hydrogens is 579 g/mol. The van der Waals surface area contributed by atoms with Gasteiger partial charge in [0, 0.05) is 31.5 Å². The van der Waals surface area contributed by atoms with E-state index in [1.54, 1.807) is 30.0 Å². The number of amides is 2. The van der Waals surface area contributed by atoms with Gasteiger partial charge < -0.3 is 34.6 Å². The fourth-order valence-electron chi connectivity index (χ4n) is 4.30. The molecule has 2 amide bonds. The molecule has 2 aliphatic rings. The molecule has 0 radical (unpaired) electrons. The minimum Gasteiger partial charge on any atom is -0.482 e. The van der Waals surface area contributed by atoms with Crippen LogP contribution in [0, 0.1) is 3.57 Å². The Morgan fingerprint density at radius 1 is 1.19 bits per heavy atom. The van der Waals surface area contributed by atoms with E-state index in [0.717, 1.165) is 9.13 Å². The summed E-state index contributed by atoms with van der Waals surface area (Å²) in [7, 11) is 0. The topological polar surface area (TPSA) is 118 Å². The molecular formula is C26H29IN2O7. The number of nitrogens with zero attached hydrogens (tertiary/aromatic N) is 1. The van der Waals surface area contributed by atoms with E-state index in [9.17, 15) is 14.7 Å². The molecule has 3 atom stereocenters. The number of hydrogen-bond acceptors (Lipinski definition) is 7. The van der Waals surface area contributed by atoms with Crippen LogP contribution in [0.1, 0.15) is 25.3 Å². The Labute approximate surface area is 223 Å². The van der Waals surface area contributed by atoms with Crippen molar-refractivity contribution in [1.29, 1.82) is 0 Å². The van der Waals surface area contributed by atoms with E-state index >= 15 is 0 Å². The number of aliphatic hydroxyl groups is 2. The Bertz CT molecular complexity index is 1140. The summed E-state index contributed by atoms with van der Waals surface area (Å²) in [6.07, 6.45) is 0.0245. The fourth-order valence-corrected chi connectivity index (χ4v) is 4.81. The van der Waals surface area contributed by atoms with E-state index in [1.807, 2.05) is 30.3 Å². The van der Waals surface area contributed by atoms with Crippen LogP contribution in [0.2, 0.25) is 0 Å². The van der Waals surface area contributed by atoms with Gasteiger partial charge in [-0.2, -0.15) is 0 Å². The van der Waals surface area contributed by atoms with Crippen LogP contribution in [0.15, 0.2) is 54.1 Å². The molecule has 10 heteroatoms. The Hall–Kier alpha value is -2.83. The van der Waals surface area contributed by atoms with E-state index in [1.165, 1.54) is 0 Å². The van der Waals surface area contributed by atoms with Gasteiger partial charge in [0.25, 0.3) is 0 Å². The molecule has 0 saturated carbocycles. The summed E-state index contributed by atoms with van der Waals surface area (Å²) in [6, 6.07) is 12.1. The predicted octanol–water partition coefficient (Wildman–Crippen LogP) is 2.37. The minimum absolute atomic E-state index is 0.0975. The third-order valence-corrected chi connectivity index (χ3v) is 7.02. The zero-order chi connectivity index (χ0) is 25.7. The molecule has 3 N–H and O–H groups in total. The highest BCUT2D eigenvalue weighted by Crippen LogP contribution is 2.34. The molecule has 0 spiro atoms. The molecule has 36 heavy (non-hydrogen) atoms. The Morgan fingerprint density at radius 3 is 2.72 bits per heavy atom. The molecule has 2 aromatic rings. The second kappa shape index (κ2) is 11.9. The third kappa shape index (κ3) is 5.93. The highest BCUT2D eigenvalue weighted by Gasteiger charge is 2.40. The maximum atomic E-state index is 13.1. The summed E-state index contributed by atoms with van der Waals surface area (Å²) in [5.74, 6) is 1.27. The smallest absolute Gasteiger partial charge is 0.247 e. The first kappa shape index (κ1) is 26.2. The van der Waals surface area contributed by atoms with Gasteiger partial charge in [-0.1, -0.05) is 25.1 Å². The second-order valence-electron chi connectivity index (χ2n) is 8.51. The minimum atomic E-state index is -1.08. The number of benzene rings is 2. The van der Waals surface area contributed by atoms with Crippen molar-refractivity contribution in [3.05, 3.63) is 63.2 Å². The lowest BCUT2D eigenvalue weighted by molar-refractivity contribution is -0.139. The number of hydrogen-bond donors (Lipinski definition) is 3. The summed E-state index contributed by atoms with van der Waals surface area (Å²) in [6.45, 7) is 2.02.